The van der Waals surface area contributed by atoms with Gasteiger partial charge in [0.2, 0.25) is 0 Å². The van der Waals surface area contributed by atoms with Crippen LogP contribution in [-0.4, -0.2) is 52.5 Å². The van der Waals surface area contributed by atoms with E-state index in [1.54, 1.807) is 50.6 Å². The molecule has 4 rings (SSSR count). The molecule has 0 saturated heterocycles. The van der Waals surface area contributed by atoms with Crippen molar-refractivity contribution >= 4 is 55.0 Å². The van der Waals surface area contributed by atoms with Gasteiger partial charge in [-0.3, -0.25) is 9.59 Å². The largest absolute Gasteiger partial charge is 0.490 e. The van der Waals surface area contributed by atoms with Crippen molar-refractivity contribution < 1.29 is 28.5 Å². The number of amides is 2. The maximum absolute atomic E-state index is 12.8. The van der Waals surface area contributed by atoms with Crippen molar-refractivity contribution in [3.8, 4) is 11.5 Å². The summed E-state index contributed by atoms with van der Waals surface area (Å²) < 4.78 is 22.6. The molecule has 10 heteroatoms. The zero-order valence-electron chi connectivity index (χ0n) is 23.8. The zero-order valence-corrected chi connectivity index (χ0v) is 27.0. The Balaban J connectivity index is 1.28. The number of anilines is 2. The molecule has 0 aromatic heterocycles. The third-order valence-corrected chi connectivity index (χ3v) is 7.55. The first-order valence-electron chi connectivity index (χ1n) is 13.5. The average Bonchev–Trinajstić information content (AvgIpc) is 3.01. The summed E-state index contributed by atoms with van der Waals surface area (Å²) in [6.07, 6.45) is 0.706. The highest BCUT2D eigenvalue weighted by atomic mass is 79.9. The Morgan fingerprint density at radius 3 is 1.33 bits per heavy atom. The number of methoxy groups -OCH3 is 2. The van der Waals surface area contributed by atoms with E-state index in [0.717, 1.165) is 11.1 Å². The standard InChI is InChI=1S/C33H32Br2N2O6/c1-40-15-17-42-30-13-7-24(20-28(30)34)32(38)36-26-9-3-22(4-10-26)19-23-5-11-27(12-6-23)37-33(39)25-8-14-31(29(35)21-25)43-18-16-41-2/h3-14,20-21H,15-19H2,1-2H3,(H,36,38)(H,37,39). The van der Waals surface area contributed by atoms with Crippen LogP contribution in [-0.2, 0) is 15.9 Å². The highest BCUT2D eigenvalue weighted by Crippen LogP contribution is 2.28. The lowest BCUT2D eigenvalue weighted by Gasteiger charge is -2.11. The first-order valence-corrected chi connectivity index (χ1v) is 15.1. The number of carbonyl (C=O) groups is 2. The summed E-state index contributed by atoms with van der Waals surface area (Å²) in [6.45, 7) is 1.81. The predicted molar refractivity (Wildman–Crippen MR) is 175 cm³/mol. The molecule has 2 amide bonds. The van der Waals surface area contributed by atoms with Gasteiger partial charge in [0.05, 0.1) is 22.2 Å². The molecule has 2 N–H and O–H groups in total. The van der Waals surface area contributed by atoms with Crippen LogP contribution in [0.2, 0.25) is 0 Å². The molecule has 0 atom stereocenters. The molecule has 4 aromatic carbocycles. The Morgan fingerprint density at radius 1 is 0.581 bits per heavy atom. The molecule has 43 heavy (non-hydrogen) atoms. The van der Waals surface area contributed by atoms with Gasteiger partial charge < -0.3 is 29.6 Å². The van der Waals surface area contributed by atoms with E-state index in [1.165, 1.54) is 0 Å². The van der Waals surface area contributed by atoms with Gasteiger partial charge in [-0.05, 0) is 110 Å². The fourth-order valence-electron chi connectivity index (χ4n) is 4.04. The summed E-state index contributed by atoms with van der Waals surface area (Å²) in [5, 5.41) is 5.86. The van der Waals surface area contributed by atoms with Gasteiger partial charge in [0.15, 0.2) is 0 Å². The second kappa shape index (κ2) is 16.2. The molecule has 0 fully saturated rings. The van der Waals surface area contributed by atoms with Crippen LogP contribution in [0.3, 0.4) is 0 Å². The Hall–Kier alpha value is -3.70. The van der Waals surface area contributed by atoms with Crippen LogP contribution in [0.15, 0.2) is 93.9 Å². The lowest BCUT2D eigenvalue weighted by Crippen LogP contribution is -2.12. The van der Waals surface area contributed by atoms with Crippen molar-refractivity contribution in [3.63, 3.8) is 0 Å². The van der Waals surface area contributed by atoms with Gasteiger partial charge in [0, 0.05) is 36.7 Å². The van der Waals surface area contributed by atoms with Crippen molar-refractivity contribution in [2.75, 3.05) is 51.3 Å². The SMILES string of the molecule is COCCOc1ccc(C(=O)Nc2ccc(Cc3ccc(NC(=O)c4ccc(OCCOC)c(Br)c4)cc3)cc2)cc1Br. The minimum absolute atomic E-state index is 0.215. The maximum Gasteiger partial charge on any atom is 0.255 e. The number of rotatable bonds is 14. The normalized spacial score (nSPS) is 10.7. The molecule has 0 heterocycles. The van der Waals surface area contributed by atoms with Crippen LogP contribution in [0.4, 0.5) is 11.4 Å². The number of hydrogen-bond acceptors (Lipinski definition) is 6. The van der Waals surface area contributed by atoms with Crippen LogP contribution >= 0.6 is 31.9 Å². The first-order chi connectivity index (χ1) is 20.9. The van der Waals surface area contributed by atoms with Crippen molar-refractivity contribution in [1.82, 2.24) is 0 Å². The number of hydrogen-bond donors (Lipinski definition) is 2. The summed E-state index contributed by atoms with van der Waals surface area (Å²) >= 11 is 6.92. The molecule has 0 aliphatic rings. The fraction of sp³-hybridized carbons (Fsp3) is 0.212. The third-order valence-electron chi connectivity index (χ3n) is 6.31. The van der Waals surface area contributed by atoms with E-state index >= 15 is 0 Å². The number of carbonyl (C=O) groups excluding carboxylic acids is 2. The Kier molecular flexibility index (Phi) is 12.2. The second-order valence-electron chi connectivity index (χ2n) is 9.45. The lowest BCUT2D eigenvalue weighted by molar-refractivity contribution is 0.101. The molecule has 0 radical (unpaired) electrons. The number of benzene rings is 4. The van der Waals surface area contributed by atoms with E-state index in [-0.39, 0.29) is 11.8 Å². The molecule has 0 saturated carbocycles. The fourth-order valence-corrected chi connectivity index (χ4v) is 5.03. The Bertz CT molecular complexity index is 1410. The van der Waals surface area contributed by atoms with E-state index in [2.05, 4.69) is 42.5 Å². The molecular weight excluding hydrogens is 680 g/mol. The third kappa shape index (κ3) is 9.65. The molecule has 224 valence electrons. The van der Waals surface area contributed by atoms with Crippen molar-refractivity contribution in [3.05, 3.63) is 116 Å². The summed E-state index contributed by atoms with van der Waals surface area (Å²) in [7, 11) is 3.23. The minimum atomic E-state index is -0.215. The van der Waals surface area contributed by atoms with Crippen molar-refractivity contribution in [2.24, 2.45) is 0 Å². The zero-order chi connectivity index (χ0) is 30.6. The van der Waals surface area contributed by atoms with Crippen molar-refractivity contribution in [1.29, 1.82) is 0 Å². The number of ether oxygens (including phenoxy) is 4. The van der Waals surface area contributed by atoms with E-state index in [0.29, 0.717) is 75.8 Å². The Morgan fingerprint density at radius 2 is 0.977 bits per heavy atom. The lowest BCUT2D eigenvalue weighted by atomic mass is 10.0. The highest BCUT2D eigenvalue weighted by Gasteiger charge is 2.12. The van der Waals surface area contributed by atoms with Crippen LogP contribution in [0, 0.1) is 0 Å². The minimum Gasteiger partial charge on any atom is -0.490 e. The molecule has 4 aromatic rings. The quantitative estimate of drug-likeness (QED) is 0.133. The number of halogens is 2. The van der Waals surface area contributed by atoms with Crippen LogP contribution in [0.5, 0.6) is 11.5 Å². The maximum atomic E-state index is 12.8. The summed E-state index contributed by atoms with van der Waals surface area (Å²) in [5.74, 6) is 0.870. The molecule has 0 aliphatic carbocycles. The second-order valence-corrected chi connectivity index (χ2v) is 11.2. The molecule has 0 aliphatic heterocycles. The molecule has 0 spiro atoms. The van der Waals surface area contributed by atoms with Crippen LogP contribution in [0.1, 0.15) is 31.8 Å². The summed E-state index contributed by atoms with van der Waals surface area (Å²) in [5.41, 5.74) is 4.60. The topological polar surface area (TPSA) is 95.1 Å². The van der Waals surface area contributed by atoms with Crippen molar-refractivity contribution in [2.45, 2.75) is 6.42 Å². The molecule has 8 nitrogen and oxygen atoms in total. The summed E-state index contributed by atoms with van der Waals surface area (Å²) in [6, 6.07) is 25.9. The highest BCUT2D eigenvalue weighted by molar-refractivity contribution is 9.10. The van der Waals surface area contributed by atoms with Gasteiger partial charge >= 0.3 is 0 Å². The van der Waals surface area contributed by atoms with E-state index in [9.17, 15) is 9.59 Å². The van der Waals surface area contributed by atoms with E-state index in [4.69, 9.17) is 18.9 Å². The monoisotopic (exact) mass is 710 g/mol. The van der Waals surface area contributed by atoms with Crippen LogP contribution in [0.25, 0.3) is 0 Å². The summed E-state index contributed by atoms with van der Waals surface area (Å²) in [4.78, 5) is 25.5. The van der Waals surface area contributed by atoms with E-state index < -0.39 is 0 Å². The average molecular weight is 712 g/mol. The number of nitrogens with one attached hydrogen (secondary N) is 2. The van der Waals surface area contributed by atoms with E-state index in [1.807, 2.05) is 48.5 Å². The van der Waals surface area contributed by atoms with Gasteiger partial charge in [0.25, 0.3) is 11.8 Å². The van der Waals surface area contributed by atoms with Gasteiger partial charge in [-0.25, -0.2) is 0 Å². The van der Waals surface area contributed by atoms with Gasteiger partial charge in [-0.1, -0.05) is 24.3 Å². The molecule has 0 unspecified atom stereocenters. The first kappa shape index (κ1) is 32.2. The smallest absolute Gasteiger partial charge is 0.255 e. The van der Waals surface area contributed by atoms with Crippen LogP contribution < -0.4 is 20.1 Å². The van der Waals surface area contributed by atoms with Gasteiger partial charge in [0.1, 0.15) is 24.7 Å². The van der Waals surface area contributed by atoms with Gasteiger partial charge in [-0.15, -0.1) is 0 Å². The Labute approximate surface area is 267 Å². The van der Waals surface area contributed by atoms with Gasteiger partial charge in [-0.2, -0.15) is 0 Å². The molecule has 0 bridgehead atoms. The predicted octanol–water partition coefficient (Wildman–Crippen LogP) is 7.36. The molecular formula is C33H32Br2N2O6.